The average Bonchev–Trinajstić information content (AvgIpc) is 3.02. The standard InChI is InChI=1S/C18H20N2O3S/c24-18(19-11-15-3-1-6-21-15)20-5-4-13-9-16-17(10-14(13)12-20)23-8-2-7-22-16/h1,3,6,9-10H,2,4-5,7-8,11-12H2,(H,19,24). The summed E-state index contributed by atoms with van der Waals surface area (Å²) in [4.78, 5) is 2.19. The van der Waals surface area contributed by atoms with Gasteiger partial charge in [-0.3, -0.25) is 0 Å². The Bertz CT molecular complexity index is 730. The molecule has 0 saturated heterocycles. The van der Waals surface area contributed by atoms with Crippen molar-refractivity contribution in [2.24, 2.45) is 0 Å². The van der Waals surface area contributed by atoms with Crippen LogP contribution in [0.3, 0.4) is 0 Å². The lowest BCUT2D eigenvalue weighted by molar-refractivity contribution is 0.297. The molecule has 24 heavy (non-hydrogen) atoms. The van der Waals surface area contributed by atoms with Crippen molar-refractivity contribution < 1.29 is 13.9 Å². The molecule has 0 atom stereocenters. The van der Waals surface area contributed by atoms with E-state index in [1.807, 2.05) is 12.1 Å². The lowest BCUT2D eigenvalue weighted by Gasteiger charge is -2.31. The van der Waals surface area contributed by atoms with E-state index in [0.29, 0.717) is 13.2 Å². The summed E-state index contributed by atoms with van der Waals surface area (Å²) >= 11 is 5.54. The van der Waals surface area contributed by atoms with E-state index in [-0.39, 0.29) is 0 Å². The van der Waals surface area contributed by atoms with Crippen molar-refractivity contribution in [3.63, 3.8) is 0 Å². The van der Waals surface area contributed by atoms with Crippen LogP contribution in [0.2, 0.25) is 0 Å². The molecule has 1 aromatic heterocycles. The minimum Gasteiger partial charge on any atom is -0.490 e. The molecule has 0 spiro atoms. The summed E-state index contributed by atoms with van der Waals surface area (Å²) in [6, 6.07) is 8.06. The zero-order chi connectivity index (χ0) is 16.4. The zero-order valence-electron chi connectivity index (χ0n) is 13.4. The molecule has 5 nitrogen and oxygen atoms in total. The summed E-state index contributed by atoms with van der Waals surface area (Å²) in [7, 11) is 0. The Morgan fingerprint density at radius 3 is 2.71 bits per heavy atom. The molecule has 6 heteroatoms. The molecular formula is C18H20N2O3S. The number of nitrogens with zero attached hydrogens (tertiary/aromatic N) is 1. The number of benzene rings is 1. The molecule has 0 aliphatic carbocycles. The van der Waals surface area contributed by atoms with Crippen LogP contribution in [0.4, 0.5) is 0 Å². The van der Waals surface area contributed by atoms with Crippen molar-refractivity contribution in [2.75, 3.05) is 19.8 Å². The molecule has 0 bridgehead atoms. The van der Waals surface area contributed by atoms with Crippen LogP contribution in [0.1, 0.15) is 23.3 Å². The molecule has 1 N–H and O–H groups in total. The first kappa shape index (κ1) is 15.3. The fourth-order valence-electron chi connectivity index (χ4n) is 3.07. The highest BCUT2D eigenvalue weighted by molar-refractivity contribution is 7.80. The van der Waals surface area contributed by atoms with E-state index >= 15 is 0 Å². The molecule has 0 unspecified atom stereocenters. The van der Waals surface area contributed by atoms with Gasteiger partial charge in [-0.15, -0.1) is 0 Å². The minimum atomic E-state index is 0.607. The minimum absolute atomic E-state index is 0.607. The van der Waals surface area contributed by atoms with Gasteiger partial charge < -0.3 is 24.1 Å². The number of thiocarbonyl (C=S) groups is 1. The van der Waals surface area contributed by atoms with Gasteiger partial charge in [0.15, 0.2) is 16.6 Å². The summed E-state index contributed by atoms with van der Waals surface area (Å²) in [6.45, 7) is 3.72. The number of nitrogens with one attached hydrogen (secondary N) is 1. The molecule has 0 radical (unpaired) electrons. The molecule has 0 fully saturated rings. The van der Waals surface area contributed by atoms with Gasteiger partial charge in [0.25, 0.3) is 0 Å². The summed E-state index contributed by atoms with van der Waals surface area (Å²) in [5, 5.41) is 4.02. The monoisotopic (exact) mass is 344 g/mol. The van der Waals surface area contributed by atoms with E-state index < -0.39 is 0 Å². The van der Waals surface area contributed by atoms with Gasteiger partial charge in [0.2, 0.25) is 0 Å². The average molecular weight is 344 g/mol. The maximum atomic E-state index is 5.80. The maximum Gasteiger partial charge on any atom is 0.169 e. The first-order valence-corrected chi connectivity index (χ1v) is 8.67. The van der Waals surface area contributed by atoms with E-state index in [0.717, 1.165) is 54.9 Å². The lowest BCUT2D eigenvalue weighted by Crippen LogP contribution is -2.42. The molecule has 2 aliphatic heterocycles. The molecule has 0 amide bonds. The molecule has 2 aliphatic rings. The second-order valence-corrected chi connectivity index (χ2v) is 6.41. The fraction of sp³-hybridized carbons (Fsp3) is 0.389. The first-order valence-electron chi connectivity index (χ1n) is 8.26. The lowest BCUT2D eigenvalue weighted by atomic mass is 9.99. The Morgan fingerprint density at radius 2 is 1.96 bits per heavy atom. The van der Waals surface area contributed by atoms with Crippen LogP contribution in [0.5, 0.6) is 11.5 Å². The van der Waals surface area contributed by atoms with Gasteiger partial charge in [-0.25, -0.2) is 0 Å². The van der Waals surface area contributed by atoms with Crippen molar-refractivity contribution in [3.05, 3.63) is 47.4 Å². The number of hydrogen-bond acceptors (Lipinski definition) is 4. The van der Waals surface area contributed by atoms with Crippen LogP contribution in [-0.4, -0.2) is 29.8 Å². The van der Waals surface area contributed by atoms with E-state index in [1.54, 1.807) is 6.26 Å². The van der Waals surface area contributed by atoms with Crippen LogP contribution in [0.15, 0.2) is 34.9 Å². The Labute approximate surface area is 146 Å². The number of rotatable bonds is 2. The second kappa shape index (κ2) is 6.73. The number of hydrogen-bond donors (Lipinski definition) is 1. The molecule has 3 heterocycles. The normalized spacial score (nSPS) is 16.2. The topological polar surface area (TPSA) is 46.9 Å². The van der Waals surface area contributed by atoms with E-state index in [1.165, 1.54) is 11.1 Å². The van der Waals surface area contributed by atoms with Gasteiger partial charge in [0, 0.05) is 19.5 Å². The SMILES string of the molecule is S=C(NCc1ccco1)N1CCc2cc3c(cc2C1)OCCCO3. The van der Waals surface area contributed by atoms with Crippen LogP contribution >= 0.6 is 12.2 Å². The number of fused-ring (bicyclic) bond motifs is 2. The smallest absolute Gasteiger partial charge is 0.169 e. The summed E-state index contributed by atoms with van der Waals surface area (Å²) in [6.07, 6.45) is 3.55. The predicted molar refractivity (Wildman–Crippen MR) is 94.3 cm³/mol. The zero-order valence-corrected chi connectivity index (χ0v) is 14.2. The maximum absolute atomic E-state index is 5.80. The number of furan rings is 1. The Morgan fingerprint density at radius 1 is 1.17 bits per heavy atom. The van der Waals surface area contributed by atoms with Crippen LogP contribution in [0, 0.1) is 0 Å². The van der Waals surface area contributed by atoms with Crippen molar-refractivity contribution >= 4 is 17.3 Å². The Hall–Kier alpha value is -2.21. The highest BCUT2D eigenvalue weighted by Gasteiger charge is 2.22. The first-order chi connectivity index (χ1) is 11.8. The fourth-order valence-corrected chi connectivity index (χ4v) is 3.30. The molecule has 0 saturated carbocycles. The van der Waals surface area contributed by atoms with Crippen LogP contribution in [-0.2, 0) is 19.5 Å². The molecule has 4 rings (SSSR count). The second-order valence-electron chi connectivity index (χ2n) is 6.03. The van der Waals surface area contributed by atoms with Crippen LogP contribution in [0.25, 0.3) is 0 Å². The molecular weight excluding hydrogens is 324 g/mol. The number of ether oxygens (including phenoxy) is 2. The van der Waals surface area contributed by atoms with E-state index in [2.05, 4.69) is 22.3 Å². The van der Waals surface area contributed by atoms with Gasteiger partial charge in [0.05, 0.1) is 26.0 Å². The molecule has 2 aromatic rings. The van der Waals surface area contributed by atoms with Gasteiger partial charge in [-0.2, -0.15) is 0 Å². The van der Waals surface area contributed by atoms with Gasteiger partial charge in [-0.1, -0.05) is 0 Å². The third-order valence-electron chi connectivity index (χ3n) is 4.36. The molecule has 1 aromatic carbocycles. The third kappa shape index (κ3) is 3.19. The van der Waals surface area contributed by atoms with Crippen molar-refractivity contribution in [2.45, 2.75) is 25.9 Å². The predicted octanol–water partition coefficient (Wildman–Crippen LogP) is 2.87. The highest BCUT2D eigenvalue weighted by atomic mass is 32.1. The highest BCUT2D eigenvalue weighted by Crippen LogP contribution is 2.35. The van der Waals surface area contributed by atoms with Gasteiger partial charge in [-0.05, 0) is 54.0 Å². The van der Waals surface area contributed by atoms with Crippen molar-refractivity contribution in [1.82, 2.24) is 10.2 Å². The van der Waals surface area contributed by atoms with Gasteiger partial charge in [0.1, 0.15) is 5.76 Å². The summed E-state index contributed by atoms with van der Waals surface area (Å²) in [5.41, 5.74) is 2.58. The largest absolute Gasteiger partial charge is 0.490 e. The van der Waals surface area contributed by atoms with Crippen LogP contribution < -0.4 is 14.8 Å². The van der Waals surface area contributed by atoms with Crippen molar-refractivity contribution in [3.8, 4) is 11.5 Å². The third-order valence-corrected chi connectivity index (χ3v) is 4.77. The Balaban J connectivity index is 1.45. The van der Waals surface area contributed by atoms with Gasteiger partial charge >= 0.3 is 0 Å². The quantitative estimate of drug-likeness (QED) is 0.846. The van der Waals surface area contributed by atoms with Crippen molar-refractivity contribution in [1.29, 1.82) is 0 Å². The molecule has 126 valence electrons. The van der Waals surface area contributed by atoms with E-state index in [4.69, 9.17) is 26.1 Å². The summed E-state index contributed by atoms with van der Waals surface area (Å²) in [5.74, 6) is 2.60. The van der Waals surface area contributed by atoms with E-state index in [9.17, 15) is 0 Å². The summed E-state index contributed by atoms with van der Waals surface area (Å²) < 4.78 is 16.9. The Kier molecular flexibility index (Phi) is 4.30.